The minimum Gasteiger partial charge on any atom is -0.468 e. The van der Waals surface area contributed by atoms with Gasteiger partial charge in [-0.3, -0.25) is 4.79 Å². The fourth-order valence-corrected chi connectivity index (χ4v) is 1.78. The van der Waals surface area contributed by atoms with Gasteiger partial charge in [-0.25, -0.2) is 0 Å². The number of esters is 1. The number of carbonyl (C=O) groups excluding carboxylic acids is 1. The first-order chi connectivity index (χ1) is 9.23. The smallest absolute Gasteiger partial charge is 0.321 e. The van der Waals surface area contributed by atoms with Crippen molar-refractivity contribution < 1.29 is 23.5 Å². The Hall–Kier alpha value is -1.47. The fourth-order valence-electron chi connectivity index (χ4n) is 1.78. The van der Waals surface area contributed by atoms with Crippen molar-refractivity contribution in [3.05, 3.63) is 11.7 Å². The van der Waals surface area contributed by atoms with E-state index in [9.17, 15) is 4.79 Å². The number of aromatic nitrogens is 2. The number of rotatable bonds is 8. The van der Waals surface area contributed by atoms with E-state index in [0.29, 0.717) is 50.8 Å². The molecule has 1 fully saturated rings. The molecular weight excluding hydrogens is 252 g/mol. The Bertz CT molecular complexity index is 428. The van der Waals surface area contributed by atoms with Gasteiger partial charge in [-0.05, 0) is 12.8 Å². The molecule has 0 unspecified atom stereocenters. The van der Waals surface area contributed by atoms with Crippen molar-refractivity contribution in [2.75, 3.05) is 34.0 Å². The lowest BCUT2D eigenvalue weighted by Gasteiger charge is -2.05. The summed E-state index contributed by atoms with van der Waals surface area (Å²) in [7, 11) is 2.99. The van der Waals surface area contributed by atoms with E-state index in [1.807, 2.05) is 0 Å². The van der Waals surface area contributed by atoms with E-state index < -0.39 is 5.41 Å². The summed E-state index contributed by atoms with van der Waals surface area (Å²) in [6.07, 6.45) is 1.95. The van der Waals surface area contributed by atoms with Crippen molar-refractivity contribution in [1.82, 2.24) is 10.1 Å². The van der Waals surface area contributed by atoms with Crippen molar-refractivity contribution in [3.8, 4) is 0 Å². The van der Waals surface area contributed by atoms with Crippen LogP contribution in [0.2, 0.25) is 0 Å². The standard InChI is InChI=1S/C12H18N2O5/c1-16-7-8-18-6-3-9-13-10(19-14-9)12(4-5-12)11(15)17-2/h3-8H2,1-2H3. The van der Waals surface area contributed by atoms with Gasteiger partial charge in [-0.1, -0.05) is 5.16 Å². The summed E-state index contributed by atoms with van der Waals surface area (Å²) in [6, 6.07) is 0. The third kappa shape index (κ3) is 3.10. The van der Waals surface area contributed by atoms with Gasteiger partial charge in [-0.15, -0.1) is 0 Å². The van der Waals surface area contributed by atoms with Gasteiger partial charge in [0.1, 0.15) is 5.41 Å². The molecule has 0 radical (unpaired) electrons. The second kappa shape index (κ2) is 6.12. The maximum Gasteiger partial charge on any atom is 0.321 e. The van der Waals surface area contributed by atoms with Crippen LogP contribution in [0.3, 0.4) is 0 Å². The van der Waals surface area contributed by atoms with E-state index in [4.69, 9.17) is 18.7 Å². The Morgan fingerprint density at radius 2 is 2.11 bits per heavy atom. The zero-order chi connectivity index (χ0) is 13.7. The maximum atomic E-state index is 11.6. The molecule has 0 aliphatic heterocycles. The number of hydrogen-bond acceptors (Lipinski definition) is 7. The van der Waals surface area contributed by atoms with E-state index in [1.54, 1.807) is 7.11 Å². The van der Waals surface area contributed by atoms with Crippen LogP contribution in [0.4, 0.5) is 0 Å². The Kier molecular flexibility index (Phi) is 4.49. The molecule has 1 saturated carbocycles. The van der Waals surface area contributed by atoms with Crippen LogP contribution in [0.5, 0.6) is 0 Å². The zero-order valence-corrected chi connectivity index (χ0v) is 11.2. The van der Waals surface area contributed by atoms with Gasteiger partial charge < -0.3 is 18.7 Å². The van der Waals surface area contributed by atoms with Crippen LogP contribution in [0.15, 0.2) is 4.52 Å². The highest BCUT2D eigenvalue weighted by Crippen LogP contribution is 2.48. The van der Waals surface area contributed by atoms with Gasteiger partial charge >= 0.3 is 5.97 Å². The zero-order valence-electron chi connectivity index (χ0n) is 11.2. The lowest BCUT2D eigenvalue weighted by molar-refractivity contribution is -0.144. The average molecular weight is 270 g/mol. The third-order valence-electron chi connectivity index (χ3n) is 3.11. The molecule has 7 heteroatoms. The lowest BCUT2D eigenvalue weighted by Crippen LogP contribution is -2.22. The van der Waals surface area contributed by atoms with E-state index in [-0.39, 0.29) is 5.97 Å². The first-order valence-corrected chi connectivity index (χ1v) is 6.21. The summed E-state index contributed by atoms with van der Waals surface area (Å²) in [4.78, 5) is 15.9. The third-order valence-corrected chi connectivity index (χ3v) is 3.11. The van der Waals surface area contributed by atoms with E-state index in [0.717, 1.165) is 0 Å². The van der Waals surface area contributed by atoms with Gasteiger partial charge in [0.2, 0.25) is 5.89 Å². The largest absolute Gasteiger partial charge is 0.468 e. The van der Waals surface area contributed by atoms with E-state index in [1.165, 1.54) is 7.11 Å². The van der Waals surface area contributed by atoms with Gasteiger partial charge in [-0.2, -0.15) is 4.98 Å². The summed E-state index contributed by atoms with van der Waals surface area (Å²) < 4.78 is 20.1. The molecule has 1 heterocycles. The van der Waals surface area contributed by atoms with E-state index >= 15 is 0 Å². The minimum absolute atomic E-state index is 0.306. The van der Waals surface area contributed by atoms with Crippen molar-refractivity contribution in [3.63, 3.8) is 0 Å². The predicted octanol–water partition coefficient (Wildman–Crippen LogP) is 0.480. The normalized spacial score (nSPS) is 16.3. The van der Waals surface area contributed by atoms with Crippen LogP contribution in [0.25, 0.3) is 0 Å². The Morgan fingerprint density at radius 3 is 2.74 bits per heavy atom. The highest BCUT2D eigenvalue weighted by Gasteiger charge is 2.57. The minimum atomic E-state index is -0.698. The first kappa shape index (κ1) is 14.0. The molecule has 7 nitrogen and oxygen atoms in total. The molecule has 1 aromatic rings. The molecule has 0 N–H and O–H groups in total. The molecule has 0 amide bonds. The maximum absolute atomic E-state index is 11.6. The number of methoxy groups -OCH3 is 2. The summed E-state index contributed by atoms with van der Waals surface area (Å²) in [6.45, 7) is 1.59. The quantitative estimate of drug-likeness (QED) is 0.501. The Labute approximate surface area is 111 Å². The molecule has 2 rings (SSSR count). The van der Waals surface area contributed by atoms with Crippen LogP contribution in [0.1, 0.15) is 24.6 Å². The van der Waals surface area contributed by atoms with E-state index in [2.05, 4.69) is 10.1 Å². The van der Waals surface area contributed by atoms with Gasteiger partial charge in [0.25, 0.3) is 0 Å². The molecule has 0 atom stereocenters. The summed E-state index contributed by atoms with van der Waals surface area (Å²) in [5.41, 5.74) is -0.698. The molecule has 0 saturated heterocycles. The number of nitrogens with zero attached hydrogens (tertiary/aromatic N) is 2. The lowest BCUT2D eigenvalue weighted by atomic mass is 10.1. The molecule has 0 aromatic carbocycles. The second-order valence-electron chi connectivity index (χ2n) is 4.44. The number of carbonyl (C=O) groups is 1. The van der Waals surface area contributed by atoms with Crippen LogP contribution >= 0.6 is 0 Å². The molecule has 1 aliphatic carbocycles. The molecular formula is C12H18N2O5. The van der Waals surface area contributed by atoms with Crippen molar-refractivity contribution in [1.29, 1.82) is 0 Å². The highest BCUT2D eigenvalue weighted by atomic mass is 16.5. The predicted molar refractivity (Wildman–Crippen MR) is 63.6 cm³/mol. The topological polar surface area (TPSA) is 83.7 Å². The van der Waals surface area contributed by atoms with Crippen molar-refractivity contribution in [2.24, 2.45) is 0 Å². The second-order valence-corrected chi connectivity index (χ2v) is 4.44. The summed E-state index contributed by atoms with van der Waals surface area (Å²) in [5.74, 6) is 0.591. The van der Waals surface area contributed by atoms with Gasteiger partial charge in [0.05, 0.1) is 26.9 Å². The van der Waals surface area contributed by atoms with Crippen molar-refractivity contribution >= 4 is 5.97 Å². The highest BCUT2D eigenvalue weighted by molar-refractivity contribution is 5.85. The van der Waals surface area contributed by atoms with Crippen LogP contribution in [0, 0.1) is 0 Å². The first-order valence-electron chi connectivity index (χ1n) is 6.21. The Balaban J connectivity index is 1.84. The summed E-state index contributed by atoms with van der Waals surface area (Å²) in [5, 5.41) is 3.85. The van der Waals surface area contributed by atoms with Gasteiger partial charge in [0.15, 0.2) is 5.82 Å². The SMILES string of the molecule is COCCOCCc1noc(C2(C(=O)OC)CC2)n1. The molecule has 0 spiro atoms. The van der Waals surface area contributed by atoms with Crippen LogP contribution in [-0.4, -0.2) is 50.2 Å². The molecule has 1 aromatic heterocycles. The molecule has 0 bridgehead atoms. The van der Waals surface area contributed by atoms with Gasteiger partial charge in [0, 0.05) is 13.5 Å². The fraction of sp³-hybridized carbons (Fsp3) is 0.750. The van der Waals surface area contributed by atoms with Crippen LogP contribution in [-0.2, 0) is 30.8 Å². The molecule has 106 valence electrons. The average Bonchev–Trinajstić information content (AvgIpc) is 3.11. The Morgan fingerprint density at radius 1 is 1.32 bits per heavy atom. The summed E-state index contributed by atoms with van der Waals surface area (Å²) >= 11 is 0. The monoisotopic (exact) mass is 270 g/mol. The molecule has 1 aliphatic rings. The number of hydrogen-bond donors (Lipinski definition) is 0. The molecule has 19 heavy (non-hydrogen) atoms. The van der Waals surface area contributed by atoms with Crippen LogP contribution < -0.4 is 0 Å². The number of ether oxygens (including phenoxy) is 3. The van der Waals surface area contributed by atoms with Crippen molar-refractivity contribution in [2.45, 2.75) is 24.7 Å².